The summed E-state index contributed by atoms with van der Waals surface area (Å²) in [5.41, 5.74) is 5.63. The Kier molecular flexibility index (Phi) is 3.90. The molecule has 0 spiro atoms. The second-order valence-corrected chi connectivity index (χ2v) is 6.63. The van der Waals surface area contributed by atoms with E-state index in [1.54, 1.807) is 0 Å². The Hall–Kier alpha value is -2.56. The van der Waals surface area contributed by atoms with Gasteiger partial charge in [0.15, 0.2) is 23.8 Å². The van der Waals surface area contributed by atoms with Gasteiger partial charge in [0.1, 0.15) is 5.56 Å². The molecule has 0 amide bonds. The molecule has 2 fully saturated rings. The number of aliphatic hydroxyl groups excluding tert-OH is 2. The minimum atomic E-state index is -2.23. The number of hydrogen-bond donors (Lipinski definition) is 3. The molecule has 1 aliphatic carbocycles. The predicted octanol–water partition coefficient (Wildman–Crippen LogP) is -1.67. The van der Waals surface area contributed by atoms with Gasteiger partial charge in [0, 0.05) is 24.8 Å². The number of aliphatic hydroxyl groups is 2. The smallest absolute Gasteiger partial charge is 0.349 e. The molecular weight excluding hydrogens is 346 g/mol. The van der Waals surface area contributed by atoms with Gasteiger partial charge in [-0.25, -0.2) is 19.4 Å². The monoisotopic (exact) mass is 363 g/mol. The summed E-state index contributed by atoms with van der Waals surface area (Å²) in [6, 6.07) is 1.39. The molecule has 1 saturated heterocycles. The Morgan fingerprint density at radius 3 is 2.54 bits per heavy atom. The fraction of sp³-hybridized carbons (Fsp3) is 0.500. The number of pyridine rings is 1. The van der Waals surface area contributed by atoms with Gasteiger partial charge in [-0.15, -0.1) is 0 Å². The zero-order valence-electron chi connectivity index (χ0n) is 13.6. The van der Waals surface area contributed by atoms with Crippen molar-refractivity contribution in [3.05, 3.63) is 17.8 Å². The number of rotatable bonds is 2. The van der Waals surface area contributed by atoms with Crippen molar-refractivity contribution in [2.24, 2.45) is 11.7 Å². The number of ether oxygens (including phenoxy) is 2. The van der Waals surface area contributed by atoms with E-state index in [0.29, 0.717) is 12.5 Å². The van der Waals surface area contributed by atoms with Crippen LogP contribution >= 0.6 is 0 Å². The first-order valence-electron chi connectivity index (χ1n) is 8.23. The van der Waals surface area contributed by atoms with Gasteiger partial charge < -0.3 is 30.3 Å². The van der Waals surface area contributed by atoms with Crippen molar-refractivity contribution in [1.82, 2.24) is 4.98 Å². The average Bonchev–Trinajstić information content (AvgIpc) is 3.29. The quantitative estimate of drug-likeness (QED) is 0.411. The fourth-order valence-corrected chi connectivity index (χ4v) is 3.61. The van der Waals surface area contributed by atoms with Crippen LogP contribution in [0, 0.1) is 5.92 Å². The lowest BCUT2D eigenvalue weighted by Gasteiger charge is -2.29. The van der Waals surface area contributed by atoms with Crippen molar-refractivity contribution in [2.75, 3.05) is 11.4 Å². The van der Waals surface area contributed by atoms with Crippen molar-refractivity contribution in [2.45, 2.75) is 37.1 Å². The van der Waals surface area contributed by atoms with Crippen LogP contribution in [0.4, 0.5) is 5.82 Å². The van der Waals surface area contributed by atoms with Crippen LogP contribution in [-0.4, -0.2) is 63.9 Å². The van der Waals surface area contributed by atoms with E-state index >= 15 is 0 Å². The molecule has 10 heteroatoms. The summed E-state index contributed by atoms with van der Waals surface area (Å²) in [4.78, 5) is 42.3. The number of carbonyl (C=O) groups is 3. The SMILES string of the molecule is NCC1CC2CC2N1c1nccc2c1OC(=O)C(O)C(O)C(=O)OC2=O. The molecular formula is C16H17N3O7. The van der Waals surface area contributed by atoms with Crippen molar-refractivity contribution >= 4 is 23.7 Å². The van der Waals surface area contributed by atoms with Crippen LogP contribution in [0.2, 0.25) is 0 Å². The molecule has 0 bridgehead atoms. The maximum absolute atomic E-state index is 12.3. The molecule has 26 heavy (non-hydrogen) atoms. The van der Waals surface area contributed by atoms with E-state index in [4.69, 9.17) is 10.5 Å². The summed E-state index contributed by atoms with van der Waals surface area (Å²) >= 11 is 0. The molecule has 1 aromatic rings. The molecule has 3 aliphatic rings. The number of aromatic nitrogens is 1. The summed E-state index contributed by atoms with van der Waals surface area (Å²) in [6.45, 7) is 0.358. The second-order valence-electron chi connectivity index (χ2n) is 6.63. The largest absolute Gasteiger partial charge is 0.420 e. The molecule has 10 nitrogen and oxygen atoms in total. The molecule has 4 N–H and O–H groups in total. The maximum atomic E-state index is 12.3. The zero-order valence-corrected chi connectivity index (χ0v) is 13.6. The Bertz CT molecular complexity index is 798. The molecule has 1 aromatic heterocycles. The number of hydrogen-bond acceptors (Lipinski definition) is 10. The lowest BCUT2D eigenvalue weighted by molar-refractivity contribution is -0.163. The van der Waals surface area contributed by atoms with Crippen molar-refractivity contribution < 1.29 is 34.1 Å². The molecule has 5 unspecified atom stereocenters. The summed E-state index contributed by atoms with van der Waals surface area (Å²) in [7, 11) is 0. The van der Waals surface area contributed by atoms with E-state index in [9.17, 15) is 24.6 Å². The number of nitrogens with two attached hydrogens (primary N) is 1. The Labute approximate surface area is 147 Å². The van der Waals surface area contributed by atoms with Crippen LogP contribution in [0.3, 0.4) is 0 Å². The van der Waals surface area contributed by atoms with Crippen LogP contribution in [-0.2, 0) is 14.3 Å². The highest BCUT2D eigenvalue weighted by Gasteiger charge is 2.53. The number of anilines is 1. The molecule has 0 radical (unpaired) electrons. The van der Waals surface area contributed by atoms with E-state index in [1.807, 2.05) is 4.90 Å². The third-order valence-electron chi connectivity index (χ3n) is 5.01. The van der Waals surface area contributed by atoms with Gasteiger partial charge in [0.05, 0.1) is 0 Å². The number of cyclic esters (lactones) is 2. The number of piperidine rings is 1. The van der Waals surface area contributed by atoms with Crippen molar-refractivity contribution in [1.29, 1.82) is 0 Å². The molecule has 5 atom stereocenters. The van der Waals surface area contributed by atoms with Crippen molar-refractivity contribution in [3.8, 4) is 5.75 Å². The third kappa shape index (κ3) is 2.54. The van der Waals surface area contributed by atoms with Gasteiger partial charge >= 0.3 is 17.9 Å². The first-order valence-corrected chi connectivity index (χ1v) is 8.23. The average molecular weight is 363 g/mol. The van der Waals surface area contributed by atoms with E-state index in [2.05, 4.69) is 9.72 Å². The van der Waals surface area contributed by atoms with Crippen LogP contribution < -0.4 is 15.4 Å². The van der Waals surface area contributed by atoms with E-state index in [1.165, 1.54) is 12.3 Å². The molecule has 138 valence electrons. The molecule has 0 aromatic carbocycles. The number of carbonyl (C=O) groups excluding carboxylic acids is 3. The van der Waals surface area contributed by atoms with Crippen LogP contribution in [0.5, 0.6) is 5.75 Å². The van der Waals surface area contributed by atoms with Gasteiger partial charge in [-0.2, -0.15) is 0 Å². The molecule has 3 heterocycles. The number of nitrogens with zero attached hydrogens (tertiary/aromatic N) is 2. The minimum Gasteiger partial charge on any atom is -0.420 e. The number of fused-ring (bicyclic) bond motifs is 2. The topological polar surface area (TPSA) is 152 Å². The maximum Gasteiger partial charge on any atom is 0.349 e. The van der Waals surface area contributed by atoms with Gasteiger partial charge in [0.2, 0.25) is 0 Å². The highest BCUT2D eigenvalue weighted by molar-refractivity contribution is 6.03. The van der Waals surface area contributed by atoms with E-state index in [0.717, 1.165) is 12.8 Å². The highest BCUT2D eigenvalue weighted by Crippen LogP contribution is 2.51. The van der Waals surface area contributed by atoms with Crippen LogP contribution in [0.15, 0.2) is 12.3 Å². The molecule has 4 rings (SSSR count). The lowest BCUT2D eigenvalue weighted by atomic mass is 10.1. The van der Waals surface area contributed by atoms with Gasteiger partial charge in [0.25, 0.3) is 0 Å². The summed E-state index contributed by atoms with van der Waals surface area (Å²) in [6.07, 6.45) is -1.27. The summed E-state index contributed by atoms with van der Waals surface area (Å²) < 4.78 is 9.72. The minimum absolute atomic E-state index is 0.0303. The Morgan fingerprint density at radius 1 is 1.15 bits per heavy atom. The summed E-state index contributed by atoms with van der Waals surface area (Å²) in [5.74, 6) is -3.34. The second kappa shape index (κ2) is 6.01. The van der Waals surface area contributed by atoms with Crippen LogP contribution in [0.1, 0.15) is 23.2 Å². The molecule has 1 saturated carbocycles. The van der Waals surface area contributed by atoms with Gasteiger partial charge in [-0.3, -0.25) is 0 Å². The standard InChI is InChI=1S/C16H17N3O7/c17-5-7-3-6-4-9(6)19(7)13-12-8(1-2-18-13)14(22)26-16(24)11(21)10(20)15(23)25-12/h1-2,6-7,9-11,20-21H,3-5,17H2. The number of esters is 3. The first kappa shape index (κ1) is 16.9. The zero-order chi connectivity index (χ0) is 18.6. The Morgan fingerprint density at radius 2 is 1.85 bits per heavy atom. The van der Waals surface area contributed by atoms with E-state index in [-0.39, 0.29) is 29.2 Å². The third-order valence-corrected chi connectivity index (χ3v) is 5.01. The lowest BCUT2D eigenvalue weighted by Crippen LogP contribution is -2.42. The first-order chi connectivity index (χ1) is 12.4. The van der Waals surface area contributed by atoms with Gasteiger partial charge in [-0.05, 0) is 24.8 Å². The molecule has 2 aliphatic heterocycles. The van der Waals surface area contributed by atoms with Gasteiger partial charge in [-0.1, -0.05) is 0 Å². The van der Waals surface area contributed by atoms with Crippen LogP contribution in [0.25, 0.3) is 0 Å². The predicted molar refractivity (Wildman–Crippen MR) is 84.1 cm³/mol. The highest BCUT2D eigenvalue weighted by atomic mass is 16.6. The summed E-state index contributed by atoms with van der Waals surface area (Å²) in [5, 5.41) is 19.4. The van der Waals surface area contributed by atoms with Crippen molar-refractivity contribution in [3.63, 3.8) is 0 Å². The van der Waals surface area contributed by atoms with E-state index < -0.39 is 30.1 Å². The Balaban J connectivity index is 1.81. The fourth-order valence-electron chi connectivity index (χ4n) is 3.61. The normalized spacial score (nSPS) is 33.4.